The first-order valence-electron chi connectivity index (χ1n) is 6.85. The van der Waals surface area contributed by atoms with Crippen LogP contribution in [-0.2, 0) is 9.53 Å². The zero-order chi connectivity index (χ0) is 12.5. The summed E-state index contributed by atoms with van der Waals surface area (Å²) in [4.78, 5) is 11.7. The maximum absolute atomic E-state index is 11.7. The van der Waals surface area contributed by atoms with Crippen molar-refractivity contribution in [1.82, 2.24) is 5.32 Å². The lowest BCUT2D eigenvalue weighted by molar-refractivity contribution is -0.123. The Labute approximate surface area is 104 Å². The molecule has 0 spiro atoms. The second-order valence-electron chi connectivity index (χ2n) is 4.82. The Balaban J connectivity index is 2.18. The van der Waals surface area contributed by atoms with Crippen LogP contribution in [0.3, 0.4) is 0 Å². The topological polar surface area (TPSA) is 64.3 Å². The Morgan fingerprint density at radius 1 is 1.41 bits per heavy atom. The minimum Gasteiger partial charge on any atom is -0.381 e. The van der Waals surface area contributed by atoms with Crippen LogP contribution >= 0.6 is 0 Å². The van der Waals surface area contributed by atoms with Crippen molar-refractivity contribution in [2.75, 3.05) is 19.8 Å². The summed E-state index contributed by atoms with van der Waals surface area (Å²) < 4.78 is 5.30. The van der Waals surface area contributed by atoms with Crippen LogP contribution < -0.4 is 11.1 Å². The summed E-state index contributed by atoms with van der Waals surface area (Å²) in [5.41, 5.74) is 5.73. The molecule has 0 heterocycles. The summed E-state index contributed by atoms with van der Waals surface area (Å²) in [5, 5.41) is 3.04. The van der Waals surface area contributed by atoms with Gasteiger partial charge in [0.05, 0.1) is 6.61 Å². The number of ether oxygens (including phenoxy) is 1. The molecule has 100 valence electrons. The van der Waals surface area contributed by atoms with E-state index < -0.39 is 0 Å². The van der Waals surface area contributed by atoms with Crippen LogP contribution in [0.4, 0.5) is 0 Å². The van der Waals surface area contributed by atoms with Gasteiger partial charge in [0, 0.05) is 25.6 Å². The predicted molar refractivity (Wildman–Crippen MR) is 68.7 cm³/mol. The molecule has 1 fully saturated rings. The van der Waals surface area contributed by atoms with E-state index in [2.05, 4.69) is 12.2 Å². The minimum absolute atomic E-state index is 0.0726. The molecule has 1 unspecified atom stereocenters. The molecule has 0 radical (unpaired) electrons. The lowest BCUT2D eigenvalue weighted by Gasteiger charge is -2.23. The third kappa shape index (κ3) is 5.50. The minimum atomic E-state index is 0.0726. The number of carbonyl (C=O) groups is 1. The van der Waals surface area contributed by atoms with Crippen LogP contribution in [0.15, 0.2) is 0 Å². The quantitative estimate of drug-likeness (QED) is 0.633. The zero-order valence-corrected chi connectivity index (χ0v) is 10.9. The van der Waals surface area contributed by atoms with Crippen LogP contribution in [0.2, 0.25) is 0 Å². The third-order valence-electron chi connectivity index (χ3n) is 3.39. The Bertz CT molecular complexity index is 215. The van der Waals surface area contributed by atoms with Crippen LogP contribution in [0.1, 0.15) is 45.4 Å². The average molecular weight is 242 g/mol. The molecule has 0 aromatic heterocycles. The fraction of sp³-hybridized carbons (Fsp3) is 0.923. The molecule has 4 nitrogen and oxygen atoms in total. The molecule has 1 aliphatic rings. The number of carbonyl (C=O) groups excluding carboxylic acids is 1. The summed E-state index contributed by atoms with van der Waals surface area (Å²) in [6, 6.07) is 0.163. The van der Waals surface area contributed by atoms with Crippen molar-refractivity contribution < 1.29 is 9.53 Å². The van der Waals surface area contributed by atoms with Crippen LogP contribution in [0.5, 0.6) is 0 Å². The molecule has 4 heteroatoms. The van der Waals surface area contributed by atoms with Crippen molar-refractivity contribution in [2.45, 2.75) is 51.5 Å². The lowest BCUT2D eigenvalue weighted by Crippen LogP contribution is -2.44. The average Bonchev–Trinajstić information content (AvgIpc) is 2.85. The van der Waals surface area contributed by atoms with Gasteiger partial charge in [-0.15, -0.1) is 0 Å². The van der Waals surface area contributed by atoms with Gasteiger partial charge in [-0.05, 0) is 25.2 Å². The second kappa shape index (κ2) is 8.48. The fourth-order valence-electron chi connectivity index (χ4n) is 2.42. The van der Waals surface area contributed by atoms with Gasteiger partial charge >= 0.3 is 0 Å². The Morgan fingerprint density at radius 3 is 2.71 bits per heavy atom. The van der Waals surface area contributed by atoms with Gasteiger partial charge in [0.25, 0.3) is 0 Å². The monoisotopic (exact) mass is 242 g/mol. The molecule has 1 aliphatic carbocycles. The van der Waals surface area contributed by atoms with Gasteiger partial charge < -0.3 is 15.8 Å². The van der Waals surface area contributed by atoms with E-state index in [9.17, 15) is 4.79 Å². The van der Waals surface area contributed by atoms with Crippen molar-refractivity contribution in [3.63, 3.8) is 0 Å². The van der Waals surface area contributed by atoms with E-state index in [1.165, 1.54) is 25.7 Å². The Hall–Kier alpha value is -0.610. The summed E-state index contributed by atoms with van der Waals surface area (Å²) in [6.07, 6.45) is 6.40. The van der Waals surface area contributed by atoms with Crippen LogP contribution in [0.25, 0.3) is 0 Å². The smallest absolute Gasteiger partial charge is 0.222 e. The first-order valence-corrected chi connectivity index (χ1v) is 6.85. The molecular formula is C13H26N2O2. The number of rotatable bonds is 8. The number of hydrogen-bond acceptors (Lipinski definition) is 3. The number of nitrogens with two attached hydrogens (primary N) is 1. The number of amides is 1. The van der Waals surface area contributed by atoms with Gasteiger partial charge in [0.2, 0.25) is 5.91 Å². The zero-order valence-electron chi connectivity index (χ0n) is 10.9. The van der Waals surface area contributed by atoms with Crippen LogP contribution in [0, 0.1) is 5.92 Å². The molecule has 1 saturated carbocycles. The lowest BCUT2D eigenvalue weighted by atomic mass is 9.98. The van der Waals surface area contributed by atoms with E-state index in [0.717, 1.165) is 13.0 Å². The van der Waals surface area contributed by atoms with Crippen molar-refractivity contribution >= 4 is 5.91 Å². The van der Waals surface area contributed by atoms with Gasteiger partial charge in [-0.2, -0.15) is 0 Å². The van der Waals surface area contributed by atoms with Crippen molar-refractivity contribution in [1.29, 1.82) is 0 Å². The maximum atomic E-state index is 11.7. The summed E-state index contributed by atoms with van der Waals surface area (Å²) >= 11 is 0. The second-order valence-corrected chi connectivity index (χ2v) is 4.82. The molecule has 1 amide bonds. The number of nitrogens with one attached hydrogen (secondary N) is 1. The summed E-state index contributed by atoms with van der Waals surface area (Å²) in [6.45, 7) is 3.86. The Morgan fingerprint density at radius 2 is 2.12 bits per heavy atom. The van der Waals surface area contributed by atoms with Crippen molar-refractivity contribution in [2.24, 2.45) is 11.7 Å². The van der Waals surface area contributed by atoms with E-state index in [1.54, 1.807) is 0 Å². The SMILES string of the molecule is CCCOCCC(=O)NC(CN)C1CCCC1. The maximum Gasteiger partial charge on any atom is 0.222 e. The van der Waals surface area contributed by atoms with Gasteiger partial charge in [-0.3, -0.25) is 4.79 Å². The predicted octanol–water partition coefficient (Wildman–Crippen LogP) is 1.44. The molecule has 0 saturated heterocycles. The van der Waals surface area contributed by atoms with E-state index in [1.807, 2.05) is 0 Å². The molecule has 0 bridgehead atoms. The highest BCUT2D eigenvalue weighted by molar-refractivity contribution is 5.76. The Kier molecular flexibility index (Phi) is 7.21. The fourth-order valence-corrected chi connectivity index (χ4v) is 2.42. The van der Waals surface area contributed by atoms with Crippen molar-refractivity contribution in [3.8, 4) is 0 Å². The molecule has 0 aromatic rings. The molecule has 1 rings (SSSR count). The van der Waals surface area contributed by atoms with E-state index in [-0.39, 0.29) is 11.9 Å². The van der Waals surface area contributed by atoms with Crippen molar-refractivity contribution in [3.05, 3.63) is 0 Å². The molecule has 0 aliphatic heterocycles. The van der Waals surface area contributed by atoms with Gasteiger partial charge in [0.1, 0.15) is 0 Å². The summed E-state index contributed by atoms with van der Waals surface area (Å²) in [7, 11) is 0. The van der Waals surface area contributed by atoms with E-state index in [0.29, 0.717) is 25.5 Å². The first-order chi connectivity index (χ1) is 8.27. The standard InChI is InChI=1S/C13H26N2O2/c1-2-8-17-9-7-13(16)15-12(10-14)11-5-3-4-6-11/h11-12H,2-10,14H2,1H3,(H,15,16). The van der Waals surface area contributed by atoms with Gasteiger partial charge in [-0.1, -0.05) is 19.8 Å². The summed E-state index contributed by atoms with van der Waals surface area (Å²) in [5.74, 6) is 0.656. The van der Waals surface area contributed by atoms with Gasteiger partial charge in [0.15, 0.2) is 0 Å². The normalized spacial score (nSPS) is 18.2. The first kappa shape index (κ1) is 14.5. The highest BCUT2D eigenvalue weighted by atomic mass is 16.5. The van der Waals surface area contributed by atoms with Gasteiger partial charge in [-0.25, -0.2) is 0 Å². The third-order valence-corrected chi connectivity index (χ3v) is 3.39. The van der Waals surface area contributed by atoms with E-state index in [4.69, 9.17) is 10.5 Å². The molecule has 0 aromatic carbocycles. The molecule has 3 N–H and O–H groups in total. The highest BCUT2D eigenvalue weighted by Crippen LogP contribution is 2.27. The van der Waals surface area contributed by atoms with E-state index >= 15 is 0 Å². The van der Waals surface area contributed by atoms with Crippen LogP contribution in [-0.4, -0.2) is 31.7 Å². The highest BCUT2D eigenvalue weighted by Gasteiger charge is 2.24. The largest absolute Gasteiger partial charge is 0.381 e. The number of hydrogen-bond donors (Lipinski definition) is 2. The molecule has 1 atom stereocenters. The molecular weight excluding hydrogens is 216 g/mol. The molecule has 17 heavy (non-hydrogen) atoms.